The van der Waals surface area contributed by atoms with Gasteiger partial charge < -0.3 is 20.8 Å². The van der Waals surface area contributed by atoms with Crippen LogP contribution in [0, 0.1) is 0 Å². The van der Waals surface area contributed by atoms with E-state index in [0.717, 1.165) is 26.2 Å². The zero-order valence-electron chi connectivity index (χ0n) is 10.3. The van der Waals surface area contributed by atoms with Crippen LogP contribution in [0.5, 0.6) is 0 Å². The normalized spacial score (nSPS) is 17.3. The second-order valence-electron chi connectivity index (χ2n) is 4.15. The number of nitrogens with one attached hydrogen (secondary N) is 2. The van der Waals surface area contributed by atoms with Gasteiger partial charge in [-0.25, -0.2) is 9.59 Å². The Morgan fingerprint density at radius 2 is 1.17 bits per heavy atom. The predicted molar refractivity (Wildman–Crippen MR) is 64.9 cm³/mol. The highest BCUT2D eigenvalue weighted by molar-refractivity contribution is 5.64. The second kappa shape index (κ2) is 7.72. The topological polar surface area (TPSA) is 105 Å². The Hall–Kier alpha value is -1.54. The lowest BCUT2D eigenvalue weighted by atomic mass is 10.3. The largest absolute Gasteiger partial charge is 0.465 e. The van der Waals surface area contributed by atoms with Crippen LogP contribution in [0.25, 0.3) is 0 Å². The lowest BCUT2D eigenvalue weighted by molar-refractivity contribution is 0.131. The van der Waals surface area contributed by atoms with Gasteiger partial charge >= 0.3 is 12.2 Å². The van der Waals surface area contributed by atoms with Crippen molar-refractivity contribution in [1.29, 1.82) is 0 Å². The summed E-state index contributed by atoms with van der Waals surface area (Å²) < 4.78 is 0. The summed E-state index contributed by atoms with van der Waals surface area (Å²) in [6, 6.07) is 0. The van der Waals surface area contributed by atoms with Crippen molar-refractivity contribution < 1.29 is 19.8 Å². The van der Waals surface area contributed by atoms with Gasteiger partial charge in [-0.1, -0.05) is 0 Å². The minimum Gasteiger partial charge on any atom is -0.465 e. The molecule has 0 spiro atoms. The lowest BCUT2D eigenvalue weighted by Crippen LogP contribution is -2.49. The molecule has 1 rings (SSSR count). The Morgan fingerprint density at radius 1 is 0.833 bits per heavy atom. The van der Waals surface area contributed by atoms with Gasteiger partial charge in [0.05, 0.1) is 0 Å². The van der Waals surface area contributed by atoms with Gasteiger partial charge in [-0.2, -0.15) is 0 Å². The van der Waals surface area contributed by atoms with E-state index in [1.54, 1.807) is 0 Å². The Kier molecular flexibility index (Phi) is 6.23. The van der Waals surface area contributed by atoms with E-state index in [1.807, 2.05) is 0 Å². The van der Waals surface area contributed by atoms with Gasteiger partial charge in [0.2, 0.25) is 0 Å². The summed E-state index contributed by atoms with van der Waals surface area (Å²) in [5.74, 6) is 0. The summed E-state index contributed by atoms with van der Waals surface area (Å²) in [6.07, 6.45) is -1.98. The molecular formula is C10H20N4O4. The summed E-state index contributed by atoms with van der Waals surface area (Å²) in [4.78, 5) is 24.9. The van der Waals surface area contributed by atoms with Crippen LogP contribution >= 0.6 is 0 Å². The predicted octanol–water partition coefficient (Wildman–Crippen LogP) is -0.861. The monoisotopic (exact) mass is 260 g/mol. The van der Waals surface area contributed by atoms with E-state index < -0.39 is 12.2 Å². The highest BCUT2D eigenvalue weighted by Gasteiger charge is 2.16. The fourth-order valence-electron chi connectivity index (χ4n) is 1.88. The van der Waals surface area contributed by atoms with Gasteiger partial charge in [0.15, 0.2) is 0 Å². The van der Waals surface area contributed by atoms with Crippen molar-refractivity contribution in [3.63, 3.8) is 0 Å². The van der Waals surface area contributed by atoms with Crippen molar-refractivity contribution in [3.8, 4) is 0 Å². The van der Waals surface area contributed by atoms with Crippen molar-refractivity contribution >= 4 is 12.2 Å². The van der Waals surface area contributed by atoms with Gasteiger partial charge in [0, 0.05) is 52.4 Å². The summed E-state index contributed by atoms with van der Waals surface area (Å²) in [5.41, 5.74) is 0. The van der Waals surface area contributed by atoms with E-state index in [9.17, 15) is 9.59 Å². The number of amides is 2. The molecule has 0 bridgehead atoms. The van der Waals surface area contributed by atoms with Crippen LogP contribution in [0.3, 0.4) is 0 Å². The highest BCUT2D eigenvalue weighted by atomic mass is 16.4. The Morgan fingerprint density at radius 3 is 1.44 bits per heavy atom. The molecule has 0 saturated carbocycles. The van der Waals surface area contributed by atoms with E-state index in [-0.39, 0.29) is 0 Å². The Labute approximate surface area is 106 Å². The molecule has 8 nitrogen and oxygen atoms in total. The number of hydrogen-bond donors (Lipinski definition) is 4. The maximum Gasteiger partial charge on any atom is 0.404 e. The lowest BCUT2D eigenvalue weighted by Gasteiger charge is -2.34. The molecule has 8 heteroatoms. The van der Waals surface area contributed by atoms with E-state index >= 15 is 0 Å². The van der Waals surface area contributed by atoms with Gasteiger partial charge in [-0.3, -0.25) is 9.80 Å². The number of piperazine rings is 1. The maximum absolute atomic E-state index is 10.3. The number of hydrogen-bond acceptors (Lipinski definition) is 4. The maximum atomic E-state index is 10.3. The molecule has 1 saturated heterocycles. The molecule has 0 aromatic carbocycles. The van der Waals surface area contributed by atoms with Crippen LogP contribution in [0.15, 0.2) is 0 Å². The van der Waals surface area contributed by atoms with Crippen molar-refractivity contribution in [2.75, 3.05) is 52.4 Å². The number of carboxylic acid groups (broad SMARTS) is 2. The third kappa shape index (κ3) is 6.26. The number of carbonyl (C=O) groups is 2. The molecule has 104 valence electrons. The fourth-order valence-corrected chi connectivity index (χ4v) is 1.88. The van der Waals surface area contributed by atoms with Crippen molar-refractivity contribution in [2.45, 2.75) is 0 Å². The average Bonchev–Trinajstić information content (AvgIpc) is 2.30. The molecule has 0 atom stereocenters. The van der Waals surface area contributed by atoms with Crippen molar-refractivity contribution in [3.05, 3.63) is 0 Å². The molecule has 0 aliphatic carbocycles. The third-order valence-corrected chi connectivity index (χ3v) is 2.87. The molecule has 1 heterocycles. The van der Waals surface area contributed by atoms with Crippen LogP contribution in [0.4, 0.5) is 9.59 Å². The number of nitrogens with zero attached hydrogens (tertiary/aromatic N) is 2. The molecule has 0 radical (unpaired) electrons. The molecule has 2 amide bonds. The van der Waals surface area contributed by atoms with Crippen molar-refractivity contribution in [2.24, 2.45) is 0 Å². The van der Waals surface area contributed by atoms with E-state index in [4.69, 9.17) is 10.2 Å². The molecule has 1 fully saturated rings. The summed E-state index contributed by atoms with van der Waals surface area (Å²) in [6.45, 7) is 5.85. The van der Waals surface area contributed by atoms with Crippen LogP contribution in [-0.4, -0.2) is 84.6 Å². The smallest absolute Gasteiger partial charge is 0.404 e. The van der Waals surface area contributed by atoms with E-state index in [1.165, 1.54) is 0 Å². The minimum absolute atomic E-state index is 0.440. The minimum atomic E-state index is -0.992. The summed E-state index contributed by atoms with van der Waals surface area (Å²) in [7, 11) is 0. The zero-order valence-corrected chi connectivity index (χ0v) is 10.3. The van der Waals surface area contributed by atoms with E-state index in [2.05, 4.69) is 20.4 Å². The van der Waals surface area contributed by atoms with Gasteiger partial charge in [-0.15, -0.1) is 0 Å². The first kappa shape index (κ1) is 14.5. The first-order valence-corrected chi connectivity index (χ1v) is 5.96. The molecular weight excluding hydrogens is 240 g/mol. The average molecular weight is 260 g/mol. The van der Waals surface area contributed by atoms with Crippen LogP contribution in [-0.2, 0) is 0 Å². The van der Waals surface area contributed by atoms with Crippen molar-refractivity contribution in [1.82, 2.24) is 20.4 Å². The molecule has 1 aliphatic rings. The molecule has 1 aliphatic heterocycles. The fraction of sp³-hybridized carbons (Fsp3) is 0.800. The zero-order chi connectivity index (χ0) is 13.4. The van der Waals surface area contributed by atoms with E-state index in [0.29, 0.717) is 26.2 Å². The van der Waals surface area contributed by atoms with Crippen LogP contribution < -0.4 is 10.6 Å². The first-order valence-electron chi connectivity index (χ1n) is 5.96. The quantitative estimate of drug-likeness (QED) is 0.495. The van der Waals surface area contributed by atoms with Crippen LogP contribution in [0.1, 0.15) is 0 Å². The molecule has 18 heavy (non-hydrogen) atoms. The Bertz CT molecular complexity index is 251. The SMILES string of the molecule is O=C(O)NCCN1CCN(CCNC(=O)O)CC1. The standard InChI is InChI=1S/C10H20N4O4/c15-9(16)11-1-3-13-5-7-14(8-6-13)4-2-12-10(17)18/h11-12H,1-8H2,(H,15,16)(H,17,18). The molecule has 4 N–H and O–H groups in total. The highest BCUT2D eigenvalue weighted by Crippen LogP contribution is 1.99. The molecule has 0 unspecified atom stereocenters. The first-order chi connectivity index (χ1) is 8.58. The summed E-state index contributed by atoms with van der Waals surface area (Å²) >= 11 is 0. The van der Waals surface area contributed by atoms with Gasteiger partial charge in [0.1, 0.15) is 0 Å². The second-order valence-corrected chi connectivity index (χ2v) is 4.15. The van der Waals surface area contributed by atoms with Gasteiger partial charge in [-0.05, 0) is 0 Å². The third-order valence-electron chi connectivity index (χ3n) is 2.87. The Balaban J connectivity index is 2.05. The van der Waals surface area contributed by atoms with Gasteiger partial charge in [0.25, 0.3) is 0 Å². The number of rotatable bonds is 6. The van der Waals surface area contributed by atoms with Crippen LogP contribution in [0.2, 0.25) is 0 Å². The molecule has 0 aromatic heterocycles. The summed E-state index contributed by atoms with van der Waals surface area (Å²) in [5, 5.41) is 21.5. The molecule has 0 aromatic rings.